The largest absolute Gasteiger partial charge is 0.456 e. The molecule has 0 aliphatic heterocycles. The third-order valence-corrected chi connectivity index (χ3v) is 3.09. The summed E-state index contributed by atoms with van der Waals surface area (Å²) in [7, 11) is 0. The molecule has 0 saturated carbocycles. The molecule has 3 nitrogen and oxygen atoms in total. The van der Waals surface area contributed by atoms with Crippen molar-refractivity contribution in [3.8, 4) is 11.5 Å². The molecule has 0 spiro atoms. The van der Waals surface area contributed by atoms with E-state index in [-0.39, 0.29) is 10.8 Å². The third-order valence-electron chi connectivity index (χ3n) is 2.79. The number of alkyl halides is 3. The van der Waals surface area contributed by atoms with Gasteiger partial charge in [-0.1, -0.05) is 11.6 Å². The molecule has 1 aromatic heterocycles. The van der Waals surface area contributed by atoms with Crippen LogP contribution in [0, 0.1) is 0 Å². The second kappa shape index (κ2) is 4.96. The van der Waals surface area contributed by atoms with E-state index >= 15 is 0 Å². The second-order valence-corrected chi connectivity index (χ2v) is 4.63. The van der Waals surface area contributed by atoms with Crippen LogP contribution in [0.25, 0.3) is 11.1 Å². The number of hydrogen-bond acceptors (Lipinski definition) is 3. The van der Waals surface area contributed by atoms with E-state index in [0.29, 0.717) is 16.8 Å². The van der Waals surface area contributed by atoms with Crippen molar-refractivity contribution in [2.75, 3.05) is 0 Å². The van der Waals surface area contributed by atoms with E-state index in [9.17, 15) is 13.2 Å². The van der Waals surface area contributed by atoms with Gasteiger partial charge < -0.3 is 9.15 Å². The van der Waals surface area contributed by atoms with Gasteiger partial charge >= 0.3 is 6.18 Å². The van der Waals surface area contributed by atoms with Crippen LogP contribution in [0.3, 0.4) is 0 Å². The Balaban J connectivity index is 1.90. The van der Waals surface area contributed by atoms with Crippen LogP contribution in [0.2, 0.25) is 5.02 Å². The molecule has 1 heterocycles. The summed E-state index contributed by atoms with van der Waals surface area (Å²) in [5.41, 5.74) is 0.335. The van der Waals surface area contributed by atoms with E-state index in [0.717, 1.165) is 12.1 Å². The fraction of sp³-hybridized carbons (Fsp3) is 0.0714. The maximum Gasteiger partial charge on any atom is 0.416 e. The summed E-state index contributed by atoms with van der Waals surface area (Å²) in [6, 6.07) is 7.79. The van der Waals surface area contributed by atoms with Crippen LogP contribution in [-0.2, 0) is 6.18 Å². The van der Waals surface area contributed by atoms with Gasteiger partial charge in [0.15, 0.2) is 12.0 Å². The predicted octanol–water partition coefficient (Wildman–Crippen LogP) is 5.29. The fourth-order valence-electron chi connectivity index (χ4n) is 1.79. The monoisotopic (exact) mass is 313 g/mol. The normalized spacial score (nSPS) is 11.8. The topological polar surface area (TPSA) is 35.3 Å². The lowest BCUT2D eigenvalue weighted by Crippen LogP contribution is -2.04. The van der Waals surface area contributed by atoms with E-state index in [1.807, 2.05) is 0 Å². The summed E-state index contributed by atoms with van der Waals surface area (Å²) in [4.78, 5) is 3.95. The number of benzene rings is 2. The zero-order chi connectivity index (χ0) is 15.0. The van der Waals surface area contributed by atoms with Crippen molar-refractivity contribution in [2.24, 2.45) is 0 Å². The number of halogens is 4. The molecule has 0 radical (unpaired) electrons. The summed E-state index contributed by atoms with van der Waals surface area (Å²) in [6.07, 6.45) is -3.15. The van der Waals surface area contributed by atoms with Crippen LogP contribution >= 0.6 is 11.6 Å². The molecule has 7 heteroatoms. The first kappa shape index (κ1) is 13.8. The maximum atomic E-state index is 12.5. The molecule has 21 heavy (non-hydrogen) atoms. The Morgan fingerprint density at radius 3 is 2.62 bits per heavy atom. The smallest absolute Gasteiger partial charge is 0.416 e. The van der Waals surface area contributed by atoms with Crippen molar-refractivity contribution >= 4 is 22.7 Å². The zero-order valence-corrected chi connectivity index (χ0v) is 11.1. The predicted molar refractivity (Wildman–Crippen MR) is 70.5 cm³/mol. The van der Waals surface area contributed by atoms with Gasteiger partial charge in [-0.05, 0) is 30.3 Å². The molecule has 0 aliphatic rings. The Bertz CT molecular complexity index is 798. The van der Waals surface area contributed by atoms with Gasteiger partial charge in [-0.25, -0.2) is 4.98 Å². The first-order chi connectivity index (χ1) is 9.93. The number of fused-ring (bicyclic) bond motifs is 1. The summed E-state index contributed by atoms with van der Waals surface area (Å²) >= 11 is 5.82. The Kier molecular flexibility index (Phi) is 3.25. The van der Waals surface area contributed by atoms with Crippen LogP contribution in [0.1, 0.15) is 5.56 Å². The molecular weight excluding hydrogens is 307 g/mol. The first-order valence-electron chi connectivity index (χ1n) is 5.81. The van der Waals surface area contributed by atoms with Gasteiger partial charge in [-0.2, -0.15) is 13.2 Å². The molecule has 0 amide bonds. The van der Waals surface area contributed by atoms with Gasteiger partial charge in [0.2, 0.25) is 0 Å². The number of aromatic nitrogens is 1. The molecule has 2 aromatic carbocycles. The molecule has 0 atom stereocenters. The molecular formula is C14H7ClF3NO2. The van der Waals surface area contributed by atoms with Crippen molar-refractivity contribution in [2.45, 2.75) is 6.18 Å². The SMILES string of the molecule is FC(F)(F)c1ccc(Oc2ccc3ncoc3c2)c(Cl)c1. The molecule has 0 bridgehead atoms. The van der Waals surface area contributed by atoms with Crippen LogP contribution in [0.5, 0.6) is 11.5 Å². The zero-order valence-electron chi connectivity index (χ0n) is 10.3. The third kappa shape index (κ3) is 2.80. The summed E-state index contributed by atoms with van der Waals surface area (Å²) < 4.78 is 48.2. The molecule has 0 saturated heterocycles. The van der Waals surface area contributed by atoms with E-state index in [4.69, 9.17) is 20.8 Å². The minimum Gasteiger partial charge on any atom is -0.456 e. The summed E-state index contributed by atoms with van der Waals surface area (Å²) in [6.45, 7) is 0. The van der Waals surface area contributed by atoms with E-state index in [1.54, 1.807) is 18.2 Å². The molecule has 0 N–H and O–H groups in total. The van der Waals surface area contributed by atoms with Crippen molar-refractivity contribution in [1.82, 2.24) is 4.98 Å². The highest BCUT2D eigenvalue weighted by Gasteiger charge is 2.31. The first-order valence-corrected chi connectivity index (χ1v) is 6.19. The van der Waals surface area contributed by atoms with E-state index < -0.39 is 11.7 Å². The quantitative estimate of drug-likeness (QED) is 0.644. The molecule has 108 valence electrons. The van der Waals surface area contributed by atoms with E-state index in [2.05, 4.69) is 4.98 Å². The van der Waals surface area contributed by atoms with Gasteiger partial charge in [0.25, 0.3) is 0 Å². The standard InChI is InChI=1S/C14H7ClF3NO2/c15-10-5-8(14(16,17)18)1-4-12(10)21-9-2-3-11-13(6-9)20-7-19-11/h1-7H. The van der Waals surface area contributed by atoms with Crippen LogP contribution in [0.15, 0.2) is 47.2 Å². The maximum absolute atomic E-state index is 12.5. The molecule has 0 aliphatic carbocycles. The van der Waals surface area contributed by atoms with E-state index in [1.165, 1.54) is 12.5 Å². The number of rotatable bonds is 2. The number of oxazole rings is 1. The molecule has 0 fully saturated rings. The van der Waals surface area contributed by atoms with Crippen LogP contribution in [0.4, 0.5) is 13.2 Å². The lowest BCUT2D eigenvalue weighted by Gasteiger charge is -2.11. The van der Waals surface area contributed by atoms with Gasteiger partial charge in [0, 0.05) is 6.07 Å². The molecule has 3 rings (SSSR count). The lowest BCUT2D eigenvalue weighted by atomic mass is 10.2. The number of ether oxygens (including phenoxy) is 1. The average Bonchev–Trinajstić information content (AvgIpc) is 2.87. The highest BCUT2D eigenvalue weighted by atomic mass is 35.5. The lowest BCUT2D eigenvalue weighted by molar-refractivity contribution is -0.137. The highest BCUT2D eigenvalue weighted by molar-refractivity contribution is 6.32. The van der Waals surface area contributed by atoms with Crippen molar-refractivity contribution < 1.29 is 22.3 Å². The summed E-state index contributed by atoms with van der Waals surface area (Å²) in [5, 5.41) is -0.123. The number of nitrogens with zero attached hydrogens (tertiary/aromatic N) is 1. The Hall–Kier alpha value is -2.21. The van der Waals surface area contributed by atoms with Crippen LogP contribution in [-0.4, -0.2) is 4.98 Å². The number of hydrogen-bond donors (Lipinski definition) is 0. The Morgan fingerprint density at radius 2 is 1.90 bits per heavy atom. The van der Waals surface area contributed by atoms with Crippen molar-refractivity contribution in [3.63, 3.8) is 0 Å². The summed E-state index contributed by atoms with van der Waals surface area (Å²) in [5.74, 6) is 0.518. The van der Waals surface area contributed by atoms with Crippen molar-refractivity contribution in [3.05, 3.63) is 53.4 Å². The highest BCUT2D eigenvalue weighted by Crippen LogP contribution is 2.36. The second-order valence-electron chi connectivity index (χ2n) is 4.23. The fourth-order valence-corrected chi connectivity index (χ4v) is 2.00. The molecule has 3 aromatic rings. The average molecular weight is 314 g/mol. The Morgan fingerprint density at radius 1 is 1.10 bits per heavy atom. The molecule has 0 unspecified atom stereocenters. The minimum atomic E-state index is -4.44. The Labute approximate surface area is 121 Å². The van der Waals surface area contributed by atoms with Gasteiger partial charge in [-0.15, -0.1) is 0 Å². The van der Waals surface area contributed by atoms with Crippen LogP contribution < -0.4 is 4.74 Å². The van der Waals surface area contributed by atoms with Gasteiger partial charge in [0.05, 0.1) is 10.6 Å². The van der Waals surface area contributed by atoms with Gasteiger partial charge in [-0.3, -0.25) is 0 Å². The minimum absolute atomic E-state index is 0.123. The van der Waals surface area contributed by atoms with Crippen molar-refractivity contribution in [1.29, 1.82) is 0 Å². The van der Waals surface area contributed by atoms with Gasteiger partial charge in [0.1, 0.15) is 17.0 Å².